The Morgan fingerprint density at radius 3 is 2.35 bits per heavy atom. The molecule has 40 heavy (non-hydrogen) atoms. The summed E-state index contributed by atoms with van der Waals surface area (Å²) >= 11 is 12.5. The van der Waals surface area contributed by atoms with Gasteiger partial charge in [0.2, 0.25) is 0 Å². The van der Waals surface area contributed by atoms with E-state index in [-0.39, 0.29) is 30.8 Å². The summed E-state index contributed by atoms with van der Waals surface area (Å²) in [5.41, 5.74) is 1.81. The molecule has 7 nitrogen and oxygen atoms in total. The monoisotopic (exact) mass is 585 g/mol. The van der Waals surface area contributed by atoms with Crippen LogP contribution in [-0.4, -0.2) is 45.7 Å². The van der Waals surface area contributed by atoms with E-state index in [0.717, 1.165) is 44.1 Å². The quantitative estimate of drug-likeness (QED) is 0.316. The number of carboxylic acids is 1. The molecule has 1 saturated carbocycles. The third-order valence-corrected chi connectivity index (χ3v) is 8.95. The standard InChI is InChI=1S/C31H37Cl2N3O4/c1-4-5-26(21-6-8-22(9-7-21)29(39)34-17-14-27(37)38)36-30(40)28(23-10-11-24(32)25(33)18-23)35-31(36)15-12-20(13-16-31)19(2)3/h6-11,18-20,26H,4-5,12-17H2,1-3H3,(H,34,39)(H,37,38). The fraction of sp³-hybridized carbons (Fsp3) is 0.484. The SMILES string of the molecule is CCCC(c1ccc(C(=O)NCCC(=O)O)cc1)N1C(=O)C(c2ccc(Cl)c(Cl)c2)=NC12CCC(C(C)C)CC2. The lowest BCUT2D eigenvalue weighted by Crippen LogP contribution is -2.51. The highest BCUT2D eigenvalue weighted by molar-refractivity contribution is 6.48. The normalized spacial score (nSPS) is 21.6. The van der Waals surface area contributed by atoms with E-state index in [1.54, 1.807) is 30.3 Å². The summed E-state index contributed by atoms with van der Waals surface area (Å²) in [7, 11) is 0. The van der Waals surface area contributed by atoms with Crippen LogP contribution in [-0.2, 0) is 9.59 Å². The highest BCUT2D eigenvalue weighted by Gasteiger charge is 2.51. The second-order valence-corrected chi connectivity index (χ2v) is 12.0. The van der Waals surface area contributed by atoms with Crippen LogP contribution in [0.4, 0.5) is 0 Å². The minimum Gasteiger partial charge on any atom is -0.481 e. The van der Waals surface area contributed by atoms with Gasteiger partial charge in [0, 0.05) is 17.7 Å². The lowest BCUT2D eigenvalue weighted by Gasteiger charge is -2.46. The fourth-order valence-corrected chi connectivity index (χ4v) is 6.26. The maximum absolute atomic E-state index is 14.2. The average Bonchev–Trinajstić information content (AvgIpc) is 3.20. The van der Waals surface area contributed by atoms with Crippen molar-refractivity contribution in [3.05, 3.63) is 69.2 Å². The van der Waals surface area contributed by atoms with E-state index in [4.69, 9.17) is 33.3 Å². The molecule has 2 aromatic rings. The molecule has 1 aliphatic carbocycles. The van der Waals surface area contributed by atoms with Crippen LogP contribution < -0.4 is 5.32 Å². The number of hydrogen-bond donors (Lipinski definition) is 2. The number of aliphatic imine (C=N–C) groups is 1. The smallest absolute Gasteiger partial charge is 0.305 e. The molecule has 214 valence electrons. The molecule has 1 spiro atoms. The zero-order valence-electron chi connectivity index (χ0n) is 23.3. The Balaban J connectivity index is 1.67. The minimum absolute atomic E-state index is 0.0609. The molecule has 9 heteroatoms. The number of carbonyl (C=O) groups excluding carboxylic acids is 2. The summed E-state index contributed by atoms with van der Waals surface area (Å²) in [4.78, 5) is 44.7. The van der Waals surface area contributed by atoms with Crippen molar-refractivity contribution < 1.29 is 19.5 Å². The molecule has 0 aromatic heterocycles. The Kier molecular flexibility index (Phi) is 9.57. The zero-order chi connectivity index (χ0) is 29.0. The van der Waals surface area contributed by atoms with Crippen LogP contribution in [0, 0.1) is 11.8 Å². The molecule has 4 rings (SSSR count). The number of nitrogens with zero attached hydrogens (tertiary/aromatic N) is 2. The summed E-state index contributed by atoms with van der Waals surface area (Å²) < 4.78 is 0. The van der Waals surface area contributed by atoms with Gasteiger partial charge in [0.1, 0.15) is 11.4 Å². The van der Waals surface area contributed by atoms with E-state index >= 15 is 0 Å². The fourth-order valence-electron chi connectivity index (χ4n) is 5.96. The van der Waals surface area contributed by atoms with E-state index in [1.165, 1.54) is 0 Å². The van der Waals surface area contributed by atoms with E-state index in [2.05, 4.69) is 26.1 Å². The number of carbonyl (C=O) groups is 3. The molecule has 2 amide bonds. The highest BCUT2D eigenvalue weighted by atomic mass is 35.5. The molecule has 1 unspecified atom stereocenters. The predicted octanol–water partition coefficient (Wildman–Crippen LogP) is 6.91. The van der Waals surface area contributed by atoms with Gasteiger partial charge in [-0.2, -0.15) is 0 Å². The third-order valence-electron chi connectivity index (χ3n) is 8.21. The number of nitrogens with one attached hydrogen (secondary N) is 1. The van der Waals surface area contributed by atoms with Crippen molar-refractivity contribution in [1.82, 2.24) is 10.2 Å². The van der Waals surface area contributed by atoms with Crippen molar-refractivity contribution in [3.63, 3.8) is 0 Å². The van der Waals surface area contributed by atoms with Gasteiger partial charge in [-0.1, -0.05) is 68.6 Å². The van der Waals surface area contributed by atoms with Crippen LogP contribution in [0.1, 0.15) is 93.2 Å². The van der Waals surface area contributed by atoms with Crippen LogP contribution >= 0.6 is 23.2 Å². The number of carboxylic acid groups (broad SMARTS) is 1. The average molecular weight is 587 g/mol. The number of benzene rings is 2. The molecule has 1 heterocycles. The van der Waals surface area contributed by atoms with E-state index in [1.807, 2.05) is 17.0 Å². The Morgan fingerprint density at radius 2 is 1.77 bits per heavy atom. The Labute approximate surface area is 246 Å². The molecule has 1 fully saturated rings. The number of rotatable bonds is 10. The van der Waals surface area contributed by atoms with Gasteiger partial charge in [0.25, 0.3) is 11.8 Å². The first-order chi connectivity index (χ1) is 19.1. The van der Waals surface area contributed by atoms with Crippen LogP contribution in [0.15, 0.2) is 47.5 Å². The van der Waals surface area contributed by atoms with Crippen molar-refractivity contribution in [2.75, 3.05) is 6.54 Å². The van der Waals surface area contributed by atoms with Crippen molar-refractivity contribution in [3.8, 4) is 0 Å². The molecular weight excluding hydrogens is 549 g/mol. The van der Waals surface area contributed by atoms with Crippen LogP contribution in [0.5, 0.6) is 0 Å². The summed E-state index contributed by atoms with van der Waals surface area (Å²) in [6.45, 7) is 6.67. The first-order valence-corrected chi connectivity index (χ1v) is 14.8. The Bertz CT molecular complexity index is 1280. The van der Waals surface area contributed by atoms with Crippen molar-refractivity contribution >= 4 is 46.7 Å². The summed E-state index contributed by atoms with van der Waals surface area (Å²) in [6.07, 6.45) is 5.03. The van der Waals surface area contributed by atoms with Gasteiger partial charge in [-0.15, -0.1) is 0 Å². The molecule has 0 saturated heterocycles. The largest absolute Gasteiger partial charge is 0.481 e. The molecule has 0 bridgehead atoms. The molecule has 2 aliphatic rings. The van der Waals surface area contributed by atoms with E-state index in [0.29, 0.717) is 38.7 Å². The van der Waals surface area contributed by atoms with Crippen LogP contribution in [0.25, 0.3) is 0 Å². The lowest BCUT2D eigenvalue weighted by atomic mass is 9.76. The third kappa shape index (κ3) is 6.36. The Hall–Kier alpha value is -2.90. The number of halogens is 2. The first kappa shape index (κ1) is 30.1. The van der Waals surface area contributed by atoms with Gasteiger partial charge < -0.3 is 15.3 Å². The summed E-state index contributed by atoms with van der Waals surface area (Å²) in [5, 5.41) is 12.3. The molecule has 2 N–H and O–H groups in total. The maximum Gasteiger partial charge on any atom is 0.305 e. The van der Waals surface area contributed by atoms with Crippen molar-refractivity contribution in [2.24, 2.45) is 16.8 Å². The predicted molar refractivity (Wildman–Crippen MR) is 158 cm³/mol. The molecular formula is C31H37Cl2N3O4. The van der Waals surface area contributed by atoms with Crippen molar-refractivity contribution in [2.45, 2.75) is 77.4 Å². The lowest BCUT2D eigenvalue weighted by molar-refractivity contribution is -0.137. The van der Waals surface area contributed by atoms with Gasteiger partial charge in [-0.3, -0.25) is 19.4 Å². The maximum atomic E-state index is 14.2. The number of amides is 2. The van der Waals surface area contributed by atoms with Gasteiger partial charge in [0.05, 0.1) is 22.5 Å². The van der Waals surface area contributed by atoms with E-state index < -0.39 is 11.6 Å². The molecule has 0 radical (unpaired) electrons. The van der Waals surface area contributed by atoms with Crippen molar-refractivity contribution in [1.29, 1.82) is 0 Å². The Morgan fingerprint density at radius 1 is 1.10 bits per heavy atom. The highest BCUT2D eigenvalue weighted by Crippen LogP contribution is 2.48. The first-order valence-electron chi connectivity index (χ1n) is 14.0. The van der Waals surface area contributed by atoms with Gasteiger partial charge in [-0.05, 0) is 73.8 Å². The summed E-state index contributed by atoms with van der Waals surface area (Å²) in [5.74, 6) is -0.245. The minimum atomic E-state index is -0.966. The molecule has 2 aromatic carbocycles. The van der Waals surface area contributed by atoms with Gasteiger partial charge >= 0.3 is 5.97 Å². The van der Waals surface area contributed by atoms with Gasteiger partial charge in [-0.25, -0.2) is 0 Å². The number of hydrogen-bond acceptors (Lipinski definition) is 4. The summed E-state index contributed by atoms with van der Waals surface area (Å²) in [6, 6.07) is 12.2. The molecule has 1 aliphatic heterocycles. The topological polar surface area (TPSA) is 99.1 Å². The second kappa shape index (κ2) is 12.7. The van der Waals surface area contributed by atoms with Gasteiger partial charge in [0.15, 0.2) is 0 Å². The number of aliphatic carboxylic acids is 1. The zero-order valence-corrected chi connectivity index (χ0v) is 24.8. The van der Waals surface area contributed by atoms with E-state index in [9.17, 15) is 14.4 Å². The second-order valence-electron chi connectivity index (χ2n) is 11.2. The van der Waals surface area contributed by atoms with Crippen LogP contribution in [0.2, 0.25) is 10.0 Å². The molecule has 1 atom stereocenters. The van der Waals surface area contributed by atoms with Crippen LogP contribution in [0.3, 0.4) is 0 Å².